The molecule has 10 heteroatoms. The molecule has 0 heterocycles. The summed E-state index contributed by atoms with van der Waals surface area (Å²) in [4.78, 5) is 29.9. The van der Waals surface area contributed by atoms with Crippen LogP contribution in [0.15, 0.2) is 36.9 Å². The number of carbonyl (C=O) groups is 1. The molecule has 1 fully saturated rings. The van der Waals surface area contributed by atoms with Gasteiger partial charge >= 0.3 is 0 Å². The number of carbonyl (C=O) groups excluding carboxylic acids is 1. The molecule has 0 aliphatic heterocycles. The van der Waals surface area contributed by atoms with Crippen molar-refractivity contribution in [1.82, 2.24) is 10.2 Å². The minimum absolute atomic E-state index is 0.0509. The summed E-state index contributed by atoms with van der Waals surface area (Å²) in [6.07, 6.45) is 3.10. The molecule has 10 nitrogen and oxygen atoms in total. The van der Waals surface area contributed by atoms with Crippen LogP contribution in [0.1, 0.15) is 46.5 Å². The van der Waals surface area contributed by atoms with E-state index in [0.29, 0.717) is 37.5 Å². The molecule has 1 aliphatic rings. The van der Waals surface area contributed by atoms with Gasteiger partial charge in [-0.05, 0) is 38.8 Å². The van der Waals surface area contributed by atoms with Gasteiger partial charge in [0.15, 0.2) is 11.5 Å². The number of rotatable bonds is 14. The molecule has 0 radical (unpaired) electrons. The van der Waals surface area contributed by atoms with Crippen LogP contribution in [0.25, 0.3) is 0 Å². The summed E-state index contributed by atoms with van der Waals surface area (Å²) in [5.41, 5.74) is -0.561. The van der Waals surface area contributed by atoms with Crippen molar-refractivity contribution in [3.8, 4) is 11.5 Å². The van der Waals surface area contributed by atoms with Gasteiger partial charge in [-0.3, -0.25) is 4.79 Å². The average Bonchev–Trinajstić information content (AvgIpc) is 2.79. The van der Waals surface area contributed by atoms with Crippen LogP contribution in [0, 0.1) is 10.1 Å². The first-order valence-corrected chi connectivity index (χ1v) is 11.6. The Balaban J connectivity index is 1.92. The normalized spacial score (nSPS) is 19.1. The predicted octanol–water partition coefficient (Wildman–Crippen LogP) is 2.73. The molecule has 1 aromatic carbocycles. The Morgan fingerprint density at radius 2 is 1.97 bits per heavy atom. The summed E-state index contributed by atoms with van der Waals surface area (Å²) < 4.78 is 11.3. The van der Waals surface area contributed by atoms with Crippen molar-refractivity contribution in [1.29, 1.82) is 0 Å². The van der Waals surface area contributed by atoms with E-state index in [1.807, 2.05) is 26.0 Å². The Labute approximate surface area is 201 Å². The maximum atomic E-state index is 12.4. The van der Waals surface area contributed by atoms with Crippen LogP contribution in [-0.2, 0) is 9.63 Å². The van der Waals surface area contributed by atoms with E-state index in [0.717, 1.165) is 12.8 Å². The van der Waals surface area contributed by atoms with Gasteiger partial charge in [0, 0.05) is 25.6 Å². The van der Waals surface area contributed by atoms with Gasteiger partial charge < -0.3 is 29.6 Å². The first kappa shape index (κ1) is 27.4. The predicted molar refractivity (Wildman–Crippen MR) is 127 cm³/mol. The zero-order valence-corrected chi connectivity index (χ0v) is 20.3. The first-order valence-electron chi connectivity index (χ1n) is 11.6. The number of nitrogens with zero attached hydrogens (tertiary/aromatic N) is 2. The van der Waals surface area contributed by atoms with Gasteiger partial charge in [-0.1, -0.05) is 37.6 Å². The smallest absolute Gasteiger partial charge is 0.294 e. The largest absolute Gasteiger partial charge is 0.487 e. The molecule has 2 rings (SSSR count). The third kappa shape index (κ3) is 8.83. The van der Waals surface area contributed by atoms with E-state index >= 15 is 0 Å². The second-order valence-corrected chi connectivity index (χ2v) is 9.14. The van der Waals surface area contributed by atoms with Crippen molar-refractivity contribution in [2.24, 2.45) is 0 Å². The standard InChI is InChI=1S/C24H37N3O7/c1-5-14-32-22-12-8-9-13-23(22)33-16-19(29)15-25-24(3,4)17-26(18(2)28)20-10-6-7-11-21(20)34-27(30)31/h5,8-9,12-13,19-21,25,29H,1,6-7,10-11,14-17H2,2-4H3/t19?,20-,21-/m1/s1. The number of nitrogens with one attached hydrogen (secondary N) is 1. The van der Waals surface area contributed by atoms with Crippen LogP contribution in [0.4, 0.5) is 0 Å². The summed E-state index contributed by atoms with van der Waals surface area (Å²) in [6, 6.07) is 6.84. The van der Waals surface area contributed by atoms with E-state index in [2.05, 4.69) is 11.9 Å². The van der Waals surface area contributed by atoms with Crippen LogP contribution >= 0.6 is 0 Å². The third-order valence-electron chi connectivity index (χ3n) is 5.71. The lowest BCUT2D eigenvalue weighted by molar-refractivity contribution is -0.770. The number of aliphatic hydroxyl groups excluding tert-OH is 1. The van der Waals surface area contributed by atoms with Crippen LogP contribution in [0.3, 0.4) is 0 Å². The molecule has 1 unspecified atom stereocenters. The fraction of sp³-hybridized carbons (Fsp3) is 0.625. The highest BCUT2D eigenvalue weighted by molar-refractivity contribution is 5.73. The number of ether oxygens (including phenoxy) is 2. The van der Waals surface area contributed by atoms with Gasteiger partial charge in [0.1, 0.15) is 25.4 Å². The number of hydrogen-bond acceptors (Lipinski definition) is 8. The Bertz CT molecular complexity index is 818. The van der Waals surface area contributed by atoms with Crippen molar-refractivity contribution in [3.63, 3.8) is 0 Å². The maximum Gasteiger partial charge on any atom is 0.294 e. The van der Waals surface area contributed by atoms with Crippen LogP contribution in [0.5, 0.6) is 11.5 Å². The molecule has 0 bridgehead atoms. The van der Waals surface area contributed by atoms with E-state index in [9.17, 15) is 20.0 Å². The molecular weight excluding hydrogens is 442 g/mol. The van der Waals surface area contributed by atoms with Crippen molar-refractivity contribution in [2.45, 2.75) is 70.2 Å². The number of para-hydroxylation sites is 2. The molecule has 0 aromatic heterocycles. The van der Waals surface area contributed by atoms with Gasteiger partial charge in [-0.15, -0.1) is 10.1 Å². The number of amides is 1. The van der Waals surface area contributed by atoms with Crippen LogP contribution in [0.2, 0.25) is 0 Å². The second kappa shape index (κ2) is 13.1. The summed E-state index contributed by atoms with van der Waals surface area (Å²) in [5, 5.41) is 23.9. The van der Waals surface area contributed by atoms with Crippen LogP contribution in [-0.4, -0.2) is 71.1 Å². The second-order valence-electron chi connectivity index (χ2n) is 9.14. The maximum absolute atomic E-state index is 12.4. The Morgan fingerprint density at radius 3 is 2.59 bits per heavy atom. The number of benzene rings is 1. The molecule has 1 aliphatic carbocycles. The molecule has 0 saturated heterocycles. The van der Waals surface area contributed by atoms with Gasteiger partial charge in [-0.25, -0.2) is 0 Å². The molecule has 0 spiro atoms. The third-order valence-corrected chi connectivity index (χ3v) is 5.71. The quantitative estimate of drug-likeness (QED) is 0.237. The van der Waals surface area contributed by atoms with Gasteiger partial charge in [0.05, 0.1) is 6.04 Å². The van der Waals surface area contributed by atoms with E-state index in [1.54, 1.807) is 23.1 Å². The Kier molecular flexibility index (Phi) is 10.6. The zero-order chi connectivity index (χ0) is 25.1. The fourth-order valence-electron chi connectivity index (χ4n) is 4.09. The SMILES string of the molecule is C=CCOc1ccccc1OCC(O)CNC(C)(C)CN(C(C)=O)[C@@H]1CCCC[C@H]1O[N+](=O)[O-]. The molecule has 1 saturated carbocycles. The van der Waals surface area contributed by atoms with Crippen molar-refractivity contribution < 1.29 is 29.3 Å². The van der Waals surface area contributed by atoms with Gasteiger partial charge in [0.25, 0.3) is 5.09 Å². The monoisotopic (exact) mass is 479 g/mol. The minimum atomic E-state index is -0.808. The number of aliphatic hydroxyl groups is 1. The van der Waals surface area contributed by atoms with Gasteiger partial charge in [-0.2, -0.15) is 0 Å². The zero-order valence-electron chi connectivity index (χ0n) is 20.3. The van der Waals surface area contributed by atoms with Crippen molar-refractivity contribution in [3.05, 3.63) is 47.0 Å². The number of β-amino-alcohol motifs (C(OH)–C–C–N with tert-alkyl or cyclic N) is 1. The fourth-order valence-corrected chi connectivity index (χ4v) is 4.09. The highest BCUT2D eigenvalue weighted by Gasteiger charge is 2.36. The van der Waals surface area contributed by atoms with Crippen molar-refractivity contribution in [2.75, 3.05) is 26.3 Å². The molecule has 1 aromatic rings. The van der Waals surface area contributed by atoms with Crippen molar-refractivity contribution >= 4 is 5.91 Å². The highest BCUT2D eigenvalue weighted by Crippen LogP contribution is 2.28. The molecule has 2 N–H and O–H groups in total. The molecule has 34 heavy (non-hydrogen) atoms. The summed E-state index contributed by atoms with van der Waals surface area (Å²) in [5.74, 6) is 0.928. The van der Waals surface area contributed by atoms with Gasteiger partial charge in [0.2, 0.25) is 5.91 Å². The summed E-state index contributed by atoms with van der Waals surface area (Å²) in [6.45, 7) is 9.87. The molecule has 1 amide bonds. The Morgan fingerprint density at radius 1 is 1.32 bits per heavy atom. The van der Waals surface area contributed by atoms with E-state index in [1.165, 1.54) is 6.92 Å². The number of hydrogen-bond donors (Lipinski definition) is 2. The minimum Gasteiger partial charge on any atom is -0.487 e. The summed E-state index contributed by atoms with van der Waals surface area (Å²) >= 11 is 0. The molecule has 190 valence electrons. The lowest BCUT2D eigenvalue weighted by Crippen LogP contribution is -2.58. The Hall–Kier alpha value is -2.85. The van der Waals surface area contributed by atoms with E-state index in [4.69, 9.17) is 14.3 Å². The van der Waals surface area contributed by atoms with E-state index in [-0.39, 0.29) is 25.1 Å². The lowest BCUT2D eigenvalue weighted by Gasteiger charge is -2.42. The lowest BCUT2D eigenvalue weighted by atomic mass is 9.90. The van der Waals surface area contributed by atoms with Crippen LogP contribution < -0.4 is 14.8 Å². The van der Waals surface area contributed by atoms with E-state index < -0.39 is 22.8 Å². The molecular formula is C24H37N3O7. The first-order chi connectivity index (χ1) is 16.1. The average molecular weight is 480 g/mol. The summed E-state index contributed by atoms with van der Waals surface area (Å²) in [7, 11) is 0. The highest BCUT2D eigenvalue weighted by atomic mass is 17.0. The molecule has 3 atom stereocenters. The topological polar surface area (TPSA) is 123 Å².